The van der Waals surface area contributed by atoms with Gasteiger partial charge in [-0.3, -0.25) is 0 Å². The first kappa shape index (κ1) is 15.5. The van der Waals surface area contributed by atoms with E-state index in [9.17, 15) is 8.42 Å². The van der Waals surface area contributed by atoms with Crippen LogP contribution in [0, 0.1) is 6.92 Å². The first-order valence-corrected chi connectivity index (χ1v) is 6.25. The Hall–Kier alpha value is -0.500. The van der Waals surface area contributed by atoms with Crippen LogP contribution >= 0.6 is 0 Å². The number of benzene rings is 1. The third-order valence-corrected chi connectivity index (χ3v) is 3.00. The molecule has 16 heavy (non-hydrogen) atoms. The second-order valence-corrected chi connectivity index (χ2v) is 5.04. The van der Waals surface area contributed by atoms with Crippen LogP contribution in [0.4, 0.5) is 0 Å². The molecule has 88 valence electrons. The van der Waals surface area contributed by atoms with Crippen molar-refractivity contribution in [1.29, 1.82) is 0 Å². The molecule has 1 aromatic carbocycles. The molecule has 0 spiro atoms. The van der Waals surface area contributed by atoms with E-state index < -0.39 is 10.1 Å². The molecule has 0 aliphatic rings. The second kappa shape index (κ2) is 6.95. The normalized spacial score (nSPS) is 11.1. The van der Waals surface area contributed by atoms with Gasteiger partial charge in [-0.1, -0.05) is 29.8 Å². The fourth-order valence-electron chi connectivity index (χ4n) is 0.937. The number of rotatable bonds is 4. The maximum atomic E-state index is 11.0. The second-order valence-electron chi connectivity index (χ2n) is 3.16. The quantitative estimate of drug-likeness (QED) is 0.472. The van der Waals surface area contributed by atoms with Gasteiger partial charge in [0.05, 0.1) is 5.75 Å². The van der Waals surface area contributed by atoms with E-state index in [1.165, 1.54) is 13.2 Å². The minimum absolute atomic E-state index is 0. The van der Waals surface area contributed by atoms with Crippen molar-refractivity contribution in [1.82, 2.24) is 0 Å². The van der Waals surface area contributed by atoms with Gasteiger partial charge in [-0.2, -0.15) is 8.42 Å². The van der Waals surface area contributed by atoms with Gasteiger partial charge in [-0.05, 0) is 25.5 Å². The predicted octanol–water partition coefficient (Wildman–Crippen LogP) is 1.95. The Kier molecular flexibility index (Phi) is 6.73. The van der Waals surface area contributed by atoms with E-state index in [1.807, 2.05) is 31.2 Å². The van der Waals surface area contributed by atoms with Crippen LogP contribution in [0.25, 0.3) is 6.08 Å². The van der Waals surface area contributed by atoms with Crippen molar-refractivity contribution in [3.05, 3.63) is 41.7 Å². The topological polar surface area (TPSA) is 43.4 Å². The Bertz CT molecular complexity index is 435. The molecule has 1 rings (SSSR count). The SMILES string of the molecule is CCS(=O)(=O)OC=Cc1ccc(C)cc1.[Te]. The standard InChI is InChI=1S/C11H14O3S.Te/c1-3-15(12,13)14-9-8-11-6-4-10(2)5-7-11;/h4-9H,3H2,1-2H3;. The molecule has 0 heterocycles. The maximum Gasteiger partial charge on any atom is 0.308 e. The van der Waals surface area contributed by atoms with Crippen molar-refractivity contribution in [2.75, 3.05) is 5.75 Å². The fourth-order valence-corrected chi connectivity index (χ4v) is 1.30. The van der Waals surface area contributed by atoms with Crippen molar-refractivity contribution in [2.45, 2.75) is 13.8 Å². The van der Waals surface area contributed by atoms with Crippen molar-refractivity contribution in [2.24, 2.45) is 0 Å². The largest absolute Gasteiger partial charge is 0.390 e. The molecule has 2 radical (unpaired) electrons. The monoisotopic (exact) mass is 356 g/mol. The van der Waals surface area contributed by atoms with E-state index in [-0.39, 0.29) is 29.4 Å². The zero-order chi connectivity index (χ0) is 11.3. The number of hydrogen-bond acceptors (Lipinski definition) is 3. The molecule has 1 aromatic rings. The average molecular weight is 354 g/mol. The van der Waals surface area contributed by atoms with Crippen LogP contribution < -0.4 is 0 Å². The molecule has 5 heteroatoms. The van der Waals surface area contributed by atoms with Gasteiger partial charge in [0.25, 0.3) is 0 Å². The minimum atomic E-state index is -3.38. The predicted molar refractivity (Wildman–Crippen MR) is 66.5 cm³/mol. The summed E-state index contributed by atoms with van der Waals surface area (Å²) in [6.07, 6.45) is 2.82. The van der Waals surface area contributed by atoms with Gasteiger partial charge >= 0.3 is 10.1 Å². The smallest absolute Gasteiger partial charge is 0.308 e. The molecule has 3 nitrogen and oxygen atoms in total. The van der Waals surface area contributed by atoms with Crippen molar-refractivity contribution < 1.29 is 12.6 Å². The zero-order valence-electron chi connectivity index (χ0n) is 9.21. The molecule has 0 aliphatic heterocycles. The molecular weight excluding hydrogens is 340 g/mol. The summed E-state index contributed by atoms with van der Waals surface area (Å²) in [6, 6.07) is 7.70. The first-order valence-electron chi connectivity index (χ1n) is 4.67. The zero-order valence-corrected chi connectivity index (χ0v) is 12.4. The van der Waals surface area contributed by atoms with Crippen LogP contribution in [0.2, 0.25) is 0 Å². The Morgan fingerprint density at radius 1 is 1.25 bits per heavy atom. The van der Waals surface area contributed by atoms with Crippen LogP contribution in [0.1, 0.15) is 18.1 Å². The Morgan fingerprint density at radius 2 is 1.81 bits per heavy atom. The van der Waals surface area contributed by atoms with Gasteiger partial charge in [-0.15, -0.1) is 0 Å². The molecule has 0 bridgehead atoms. The van der Waals surface area contributed by atoms with E-state index >= 15 is 0 Å². The molecule has 0 atom stereocenters. The molecule has 0 saturated carbocycles. The van der Waals surface area contributed by atoms with E-state index in [2.05, 4.69) is 4.18 Å². The molecular formula is C11H14O3STe. The Morgan fingerprint density at radius 3 is 2.31 bits per heavy atom. The van der Waals surface area contributed by atoms with Crippen LogP contribution in [-0.4, -0.2) is 37.8 Å². The summed E-state index contributed by atoms with van der Waals surface area (Å²) in [5.41, 5.74) is 2.07. The molecule has 0 unspecified atom stereocenters. The summed E-state index contributed by atoms with van der Waals surface area (Å²) in [5, 5.41) is 0. The van der Waals surface area contributed by atoms with E-state index in [0.29, 0.717) is 0 Å². The van der Waals surface area contributed by atoms with Gasteiger partial charge in [0, 0.05) is 23.7 Å². The molecule has 0 amide bonds. The third-order valence-electron chi connectivity index (χ3n) is 1.89. The molecule has 0 aromatic heterocycles. The summed E-state index contributed by atoms with van der Waals surface area (Å²) in [4.78, 5) is 0. The van der Waals surface area contributed by atoms with Crippen LogP contribution in [0.15, 0.2) is 30.5 Å². The summed E-state index contributed by atoms with van der Waals surface area (Å²) in [6.45, 7) is 3.53. The van der Waals surface area contributed by atoms with E-state index in [4.69, 9.17) is 0 Å². The van der Waals surface area contributed by atoms with Crippen LogP contribution in [0.5, 0.6) is 0 Å². The van der Waals surface area contributed by atoms with Crippen molar-refractivity contribution >= 4 is 39.9 Å². The van der Waals surface area contributed by atoms with Gasteiger partial charge < -0.3 is 4.18 Å². The Labute approximate surface area is 113 Å². The molecule has 0 saturated heterocycles. The molecule has 0 aliphatic carbocycles. The summed E-state index contributed by atoms with van der Waals surface area (Å²) < 4.78 is 26.5. The van der Waals surface area contributed by atoms with E-state index in [0.717, 1.165) is 11.1 Å². The van der Waals surface area contributed by atoms with Gasteiger partial charge in [0.2, 0.25) is 0 Å². The fraction of sp³-hybridized carbons (Fsp3) is 0.273. The molecule has 0 fully saturated rings. The average Bonchev–Trinajstić information content (AvgIpc) is 2.21. The maximum absolute atomic E-state index is 11.0. The van der Waals surface area contributed by atoms with Gasteiger partial charge in [0.1, 0.15) is 6.26 Å². The summed E-state index contributed by atoms with van der Waals surface area (Å²) >= 11 is 0. The Balaban J connectivity index is 0.00000225. The van der Waals surface area contributed by atoms with Gasteiger partial charge in [-0.25, -0.2) is 0 Å². The number of hydrogen-bond donors (Lipinski definition) is 0. The van der Waals surface area contributed by atoms with E-state index in [1.54, 1.807) is 6.08 Å². The van der Waals surface area contributed by atoms with Crippen molar-refractivity contribution in [3.63, 3.8) is 0 Å². The number of aryl methyl sites for hydroxylation is 1. The van der Waals surface area contributed by atoms with Crippen LogP contribution in [0.3, 0.4) is 0 Å². The summed E-state index contributed by atoms with van der Waals surface area (Å²) in [7, 11) is -3.38. The third kappa shape index (κ3) is 5.55. The van der Waals surface area contributed by atoms with Crippen LogP contribution in [-0.2, 0) is 14.3 Å². The minimum Gasteiger partial charge on any atom is -0.390 e. The van der Waals surface area contributed by atoms with Crippen molar-refractivity contribution in [3.8, 4) is 0 Å². The summed E-state index contributed by atoms with van der Waals surface area (Å²) in [5.74, 6) is -0.0226. The first-order chi connectivity index (χ1) is 7.03. The molecule has 0 N–H and O–H groups in total. The van der Waals surface area contributed by atoms with Gasteiger partial charge in [0.15, 0.2) is 0 Å².